The monoisotopic (exact) mass is 312 g/mol. The highest BCUT2D eigenvalue weighted by Gasteiger charge is 2.20. The topological polar surface area (TPSA) is 67.4 Å². The molecule has 0 spiro atoms. The molecule has 1 aromatic carbocycles. The number of hydrogen-bond acceptors (Lipinski definition) is 4. The standard InChI is InChI=1S/C15H24N2O3S/c1-3-16-12(2)14-5-4-6-15(9-14)21(18,19)17-10-13-7-8-20-11-13/h4-6,9,12-13,16-17H,3,7-8,10-11H2,1-2H3. The first kappa shape index (κ1) is 16.4. The maximum Gasteiger partial charge on any atom is 0.240 e. The molecule has 1 aliphatic rings. The lowest BCUT2D eigenvalue weighted by Crippen LogP contribution is -2.29. The van der Waals surface area contributed by atoms with Crippen molar-refractivity contribution < 1.29 is 13.2 Å². The Kier molecular flexibility index (Phi) is 5.75. The second kappa shape index (κ2) is 7.35. The van der Waals surface area contributed by atoms with Crippen molar-refractivity contribution in [3.63, 3.8) is 0 Å². The Labute approximate surface area is 127 Å². The maximum absolute atomic E-state index is 12.3. The van der Waals surface area contributed by atoms with Crippen LogP contribution in [-0.2, 0) is 14.8 Å². The molecule has 1 heterocycles. The zero-order valence-electron chi connectivity index (χ0n) is 12.6. The zero-order valence-corrected chi connectivity index (χ0v) is 13.4. The quantitative estimate of drug-likeness (QED) is 0.804. The Bertz CT molecular complexity index is 554. The fraction of sp³-hybridized carbons (Fsp3) is 0.600. The van der Waals surface area contributed by atoms with Crippen molar-refractivity contribution in [2.45, 2.75) is 31.2 Å². The summed E-state index contributed by atoms with van der Waals surface area (Å²) in [6.07, 6.45) is 0.917. The fourth-order valence-corrected chi connectivity index (χ4v) is 3.60. The van der Waals surface area contributed by atoms with Gasteiger partial charge in [0.05, 0.1) is 11.5 Å². The van der Waals surface area contributed by atoms with Gasteiger partial charge in [-0.05, 0) is 43.5 Å². The second-order valence-electron chi connectivity index (χ2n) is 5.43. The first-order valence-corrected chi connectivity index (χ1v) is 8.92. The second-order valence-corrected chi connectivity index (χ2v) is 7.20. The molecule has 1 saturated heterocycles. The minimum atomic E-state index is -3.45. The van der Waals surface area contributed by atoms with Gasteiger partial charge < -0.3 is 10.1 Å². The number of benzene rings is 1. The smallest absolute Gasteiger partial charge is 0.240 e. The van der Waals surface area contributed by atoms with Crippen molar-refractivity contribution in [2.24, 2.45) is 5.92 Å². The molecule has 5 nitrogen and oxygen atoms in total. The molecule has 1 aromatic rings. The SMILES string of the molecule is CCNC(C)c1cccc(S(=O)(=O)NCC2CCOC2)c1. The van der Waals surface area contributed by atoms with Crippen molar-refractivity contribution in [3.05, 3.63) is 29.8 Å². The third-order valence-electron chi connectivity index (χ3n) is 3.76. The summed E-state index contributed by atoms with van der Waals surface area (Å²) in [7, 11) is -3.45. The Morgan fingerprint density at radius 3 is 2.90 bits per heavy atom. The molecule has 2 rings (SSSR count). The van der Waals surface area contributed by atoms with E-state index < -0.39 is 10.0 Å². The molecule has 1 aliphatic heterocycles. The summed E-state index contributed by atoms with van der Waals surface area (Å²) in [6, 6.07) is 7.23. The summed E-state index contributed by atoms with van der Waals surface area (Å²) in [5.74, 6) is 0.281. The van der Waals surface area contributed by atoms with Gasteiger partial charge in [0.2, 0.25) is 10.0 Å². The summed E-state index contributed by atoms with van der Waals surface area (Å²) in [5, 5.41) is 3.29. The maximum atomic E-state index is 12.3. The van der Waals surface area contributed by atoms with Crippen LogP contribution in [0.3, 0.4) is 0 Å². The van der Waals surface area contributed by atoms with E-state index in [-0.39, 0.29) is 12.0 Å². The molecule has 0 aliphatic carbocycles. The molecule has 1 fully saturated rings. The van der Waals surface area contributed by atoms with Crippen LogP contribution in [0, 0.1) is 5.92 Å². The van der Waals surface area contributed by atoms with Crippen LogP contribution < -0.4 is 10.0 Å². The lowest BCUT2D eigenvalue weighted by atomic mass is 10.1. The Balaban J connectivity index is 2.06. The van der Waals surface area contributed by atoms with Gasteiger partial charge >= 0.3 is 0 Å². The molecule has 0 amide bonds. The predicted octanol–water partition coefficient (Wildman–Crippen LogP) is 1.67. The van der Waals surface area contributed by atoms with Gasteiger partial charge in [-0.3, -0.25) is 0 Å². The first-order chi connectivity index (χ1) is 10.0. The van der Waals surface area contributed by atoms with E-state index in [1.54, 1.807) is 18.2 Å². The number of rotatable bonds is 7. The summed E-state index contributed by atoms with van der Waals surface area (Å²) in [4.78, 5) is 0.323. The van der Waals surface area contributed by atoms with E-state index in [9.17, 15) is 8.42 Å². The van der Waals surface area contributed by atoms with Crippen molar-refractivity contribution in [2.75, 3.05) is 26.3 Å². The molecule has 21 heavy (non-hydrogen) atoms. The molecule has 0 bridgehead atoms. The van der Waals surface area contributed by atoms with Crippen LogP contribution in [0.2, 0.25) is 0 Å². The molecular weight excluding hydrogens is 288 g/mol. The van der Waals surface area contributed by atoms with Gasteiger partial charge in [-0.1, -0.05) is 19.1 Å². The van der Waals surface area contributed by atoms with Crippen molar-refractivity contribution in [3.8, 4) is 0 Å². The van der Waals surface area contributed by atoms with E-state index in [0.717, 1.165) is 25.1 Å². The van der Waals surface area contributed by atoms with E-state index in [0.29, 0.717) is 18.0 Å². The van der Waals surface area contributed by atoms with Crippen LogP contribution in [0.15, 0.2) is 29.2 Å². The minimum absolute atomic E-state index is 0.133. The lowest BCUT2D eigenvalue weighted by molar-refractivity contribution is 0.186. The van der Waals surface area contributed by atoms with Gasteiger partial charge in [-0.2, -0.15) is 0 Å². The van der Waals surface area contributed by atoms with E-state index in [4.69, 9.17) is 4.74 Å². The number of ether oxygens (including phenoxy) is 1. The van der Waals surface area contributed by atoms with E-state index in [1.165, 1.54) is 0 Å². The van der Waals surface area contributed by atoms with Gasteiger partial charge in [0.25, 0.3) is 0 Å². The normalized spacial score (nSPS) is 20.6. The highest BCUT2D eigenvalue weighted by molar-refractivity contribution is 7.89. The molecule has 2 unspecified atom stereocenters. The average molecular weight is 312 g/mol. The zero-order chi connectivity index (χ0) is 15.3. The molecule has 0 aromatic heterocycles. The first-order valence-electron chi connectivity index (χ1n) is 7.43. The van der Waals surface area contributed by atoms with Crippen LogP contribution in [0.1, 0.15) is 31.9 Å². The highest BCUT2D eigenvalue weighted by atomic mass is 32.2. The van der Waals surface area contributed by atoms with Crippen LogP contribution in [-0.4, -0.2) is 34.7 Å². The van der Waals surface area contributed by atoms with Crippen LogP contribution >= 0.6 is 0 Å². The summed E-state index contributed by atoms with van der Waals surface area (Å²) >= 11 is 0. The highest BCUT2D eigenvalue weighted by Crippen LogP contribution is 2.18. The van der Waals surface area contributed by atoms with E-state index in [2.05, 4.69) is 10.0 Å². The third-order valence-corrected chi connectivity index (χ3v) is 5.19. The summed E-state index contributed by atoms with van der Waals surface area (Å²) < 4.78 is 32.6. The van der Waals surface area contributed by atoms with Gasteiger partial charge in [0, 0.05) is 19.2 Å². The van der Waals surface area contributed by atoms with Gasteiger partial charge in [0.1, 0.15) is 0 Å². The largest absolute Gasteiger partial charge is 0.381 e. The molecular formula is C15H24N2O3S. The van der Waals surface area contributed by atoms with Gasteiger partial charge in [-0.25, -0.2) is 13.1 Å². The number of sulfonamides is 1. The van der Waals surface area contributed by atoms with Crippen molar-refractivity contribution in [1.29, 1.82) is 0 Å². The summed E-state index contributed by atoms with van der Waals surface area (Å²) in [5.41, 5.74) is 0.976. The third kappa shape index (κ3) is 4.51. The lowest BCUT2D eigenvalue weighted by Gasteiger charge is -2.15. The van der Waals surface area contributed by atoms with Gasteiger partial charge in [0.15, 0.2) is 0 Å². The fourth-order valence-electron chi connectivity index (χ4n) is 2.43. The van der Waals surface area contributed by atoms with Crippen molar-refractivity contribution >= 4 is 10.0 Å². The van der Waals surface area contributed by atoms with Crippen molar-refractivity contribution in [1.82, 2.24) is 10.0 Å². The average Bonchev–Trinajstić information content (AvgIpc) is 2.99. The van der Waals surface area contributed by atoms with E-state index >= 15 is 0 Å². The molecule has 0 saturated carbocycles. The Morgan fingerprint density at radius 2 is 2.24 bits per heavy atom. The molecule has 0 radical (unpaired) electrons. The van der Waals surface area contributed by atoms with Crippen LogP contribution in [0.25, 0.3) is 0 Å². The Morgan fingerprint density at radius 1 is 1.43 bits per heavy atom. The Hall–Kier alpha value is -0.950. The predicted molar refractivity (Wildman–Crippen MR) is 82.6 cm³/mol. The van der Waals surface area contributed by atoms with Gasteiger partial charge in [-0.15, -0.1) is 0 Å². The minimum Gasteiger partial charge on any atom is -0.381 e. The molecule has 6 heteroatoms. The summed E-state index contributed by atoms with van der Waals surface area (Å²) in [6.45, 7) is 6.70. The number of hydrogen-bond donors (Lipinski definition) is 2. The molecule has 2 N–H and O–H groups in total. The van der Waals surface area contributed by atoms with Crippen LogP contribution in [0.5, 0.6) is 0 Å². The molecule has 2 atom stereocenters. The molecule has 118 valence electrons. The van der Waals surface area contributed by atoms with Crippen LogP contribution in [0.4, 0.5) is 0 Å². The number of nitrogens with one attached hydrogen (secondary N) is 2. The van der Waals surface area contributed by atoms with E-state index in [1.807, 2.05) is 19.9 Å².